The largest absolute Gasteiger partial charge is 0.307 e. The van der Waals surface area contributed by atoms with Gasteiger partial charge in [0.25, 0.3) is 0 Å². The molecular formula is C13H24N4. The molecule has 1 aromatic heterocycles. The number of hydrogen-bond acceptors (Lipinski definition) is 3. The molecule has 0 spiro atoms. The summed E-state index contributed by atoms with van der Waals surface area (Å²) in [5.74, 6) is 1.90. The minimum Gasteiger partial charge on any atom is -0.307 e. The molecule has 1 atom stereocenters. The predicted octanol–water partition coefficient (Wildman–Crippen LogP) is 2.36. The number of nitrogens with one attached hydrogen (secondary N) is 1. The van der Waals surface area contributed by atoms with Crippen LogP contribution in [0.5, 0.6) is 0 Å². The monoisotopic (exact) mass is 236 g/mol. The van der Waals surface area contributed by atoms with Gasteiger partial charge in [-0.2, -0.15) is 5.10 Å². The first-order valence-electron chi connectivity index (χ1n) is 6.91. The molecule has 1 heterocycles. The third-order valence-electron chi connectivity index (χ3n) is 3.93. The maximum atomic E-state index is 4.29. The molecule has 0 aromatic carbocycles. The predicted molar refractivity (Wildman–Crippen MR) is 68.6 cm³/mol. The summed E-state index contributed by atoms with van der Waals surface area (Å²) < 4.78 is 1.96. The van der Waals surface area contributed by atoms with Gasteiger partial charge in [-0.15, -0.1) is 0 Å². The summed E-state index contributed by atoms with van der Waals surface area (Å²) >= 11 is 0. The Hall–Kier alpha value is -0.900. The van der Waals surface area contributed by atoms with Crippen molar-refractivity contribution < 1.29 is 0 Å². The van der Waals surface area contributed by atoms with Crippen LogP contribution in [0.2, 0.25) is 0 Å². The zero-order valence-corrected chi connectivity index (χ0v) is 11.0. The number of nitrogens with zero attached hydrogens (tertiary/aromatic N) is 3. The van der Waals surface area contributed by atoms with E-state index in [1.54, 1.807) is 6.33 Å². The molecule has 2 rings (SSSR count). The van der Waals surface area contributed by atoms with E-state index in [1.165, 1.54) is 32.1 Å². The molecule has 1 N–H and O–H groups in total. The molecule has 0 radical (unpaired) electrons. The van der Waals surface area contributed by atoms with Crippen LogP contribution in [-0.2, 0) is 13.1 Å². The Balaban J connectivity index is 1.80. The summed E-state index contributed by atoms with van der Waals surface area (Å²) in [5.41, 5.74) is 0. The van der Waals surface area contributed by atoms with Gasteiger partial charge in [-0.05, 0) is 32.6 Å². The van der Waals surface area contributed by atoms with E-state index in [9.17, 15) is 0 Å². The molecule has 1 aliphatic carbocycles. The number of rotatable bonds is 5. The quantitative estimate of drug-likeness (QED) is 0.853. The van der Waals surface area contributed by atoms with E-state index in [2.05, 4.69) is 29.2 Å². The van der Waals surface area contributed by atoms with Crippen molar-refractivity contribution in [3.05, 3.63) is 12.2 Å². The summed E-state index contributed by atoms with van der Waals surface area (Å²) in [7, 11) is 0. The van der Waals surface area contributed by atoms with E-state index in [4.69, 9.17) is 0 Å². The van der Waals surface area contributed by atoms with Gasteiger partial charge < -0.3 is 5.32 Å². The lowest BCUT2D eigenvalue weighted by Gasteiger charge is -2.28. The first-order chi connectivity index (χ1) is 8.31. The Morgan fingerprint density at radius 1 is 1.41 bits per heavy atom. The van der Waals surface area contributed by atoms with E-state index in [-0.39, 0.29) is 0 Å². The van der Waals surface area contributed by atoms with Crippen molar-refractivity contribution in [1.29, 1.82) is 0 Å². The van der Waals surface area contributed by atoms with Gasteiger partial charge in [0.2, 0.25) is 0 Å². The average Bonchev–Trinajstić information content (AvgIpc) is 2.84. The number of hydrogen-bond donors (Lipinski definition) is 1. The van der Waals surface area contributed by atoms with Crippen LogP contribution in [0.1, 0.15) is 51.8 Å². The maximum Gasteiger partial charge on any atom is 0.140 e. The minimum absolute atomic E-state index is 0.595. The van der Waals surface area contributed by atoms with Crippen LogP contribution < -0.4 is 5.32 Å². The van der Waals surface area contributed by atoms with Crippen LogP contribution in [-0.4, -0.2) is 20.8 Å². The van der Waals surface area contributed by atoms with Gasteiger partial charge in [-0.25, -0.2) is 9.67 Å². The summed E-state index contributed by atoms with van der Waals surface area (Å²) in [5, 5.41) is 7.80. The third-order valence-corrected chi connectivity index (χ3v) is 3.93. The number of aromatic nitrogens is 3. The van der Waals surface area contributed by atoms with Crippen molar-refractivity contribution in [3.63, 3.8) is 0 Å². The molecule has 0 unspecified atom stereocenters. The summed E-state index contributed by atoms with van der Waals surface area (Å²) in [6, 6.07) is 0.595. The van der Waals surface area contributed by atoms with Gasteiger partial charge in [0.1, 0.15) is 12.2 Å². The fourth-order valence-electron chi connectivity index (χ4n) is 2.74. The van der Waals surface area contributed by atoms with Crippen molar-refractivity contribution >= 4 is 0 Å². The fraction of sp³-hybridized carbons (Fsp3) is 0.846. The van der Waals surface area contributed by atoms with Crippen LogP contribution in [0.4, 0.5) is 0 Å². The van der Waals surface area contributed by atoms with Crippen LogP contribution in [0, 0.1) is 5.92 Å². The van der Waals surface area contributed by atoms with Gasteiger partial charge in [-0.1, -0.05) is 19.3 Å². The molecule has 4 nitrogen and oxygen atoms in total. The summed E-state index contributed by atoms with van der Waals surface area (Å²) in [4.78, 5) is 4.29. The van der Waals surface area contributed by atoms with Gasteiger partial charge in [0.15, 0.2) is 0 Å². The Morgan fingerprint density at radius 3 is 2.88 bits per heavy atom. The molecule has 4 heteroatoms. The molecular weight excluding hydrogens is 212 g/mol. The smallest absolute Gasteiger partial charge is 0.140 e. The van der Waals surface area contributed by atoms with Gasteiger partial charge in [-0.3, -0.25) is 0 Å². The summed E-state index contributed by atoms with van der Waals surface area (Å²) in [6.07, 6.45) is 8.64. The first-order valence-corrected chi connectivity index (χ1v) is 6.91. The lowest BCUT2D eigenvalue weighted by molar-refractivity contribution is 0.278. The highest BCUT2D eigenvalue weighted by Crippen LogP contribution is 2.26. The molecule has 0 amide bonds. The normalized spacial score (nSPS) is 19.4. The minimum atomic E-state index is 0.595. The van der Waals surface area contributed by atoms with Crippen molar-refractivity contribution in [3.8, 4) is 0 Å². The highest BCUT2D eigenvalue weighted by Gasteiger charge is 2.19. The molecule has 1 fully saturated rings. The molecule has 1 aliphatic rings. The SMILES string of the molecule is CCn1ncnc1CN[C@H](C)C1CCCCC1. The van der Waals surface area contributed by atoms with Crippen molar-refractivity contribution in [2.24, 2.45) is 5.92 Å². The lowest BCUT2D eigenvalue weighted by atomic mass is 9.84. The molecule has 1 saturated carbocycles. The second-order valence-electron chi connectivity index (χ2n) is 5.06. The number of aryl methyl sites for hydroxylation is 1. The van der Waals surface area contributed by atoms with E-state index in [0.29, 0.717) is 6.04 Å². The van der Waals surface area contributed by atoms with Crippen LogP contribution in [0.25, 0.3) is 0 Å². The topological polar surface area (TPSA) is 42.7 Å². The van der Waals surface area contributed by atoms with Crippen LogP contribution in [0.15, 0.2) is 6.33 Å². The molecule has 0 aliphatic heterocycles. The summed E-state index contributed by atoms with van der Waals surface area (Å²) in [6.45, 7) is 6.14. The average molecular weight is 236 g/mol. The van der Waals surface area contributed by atoms with E-state index < -0.39 is 0 Å². The molecule has 17 heavy (non-hydrogen) atoms. The molecule has 0 saturated heterocycles. The van der Waals surface area contributed by atoms with Gasteiger partial charge in [0, 0.05) is 12.6 Å². The van der Waals surface area contributed by atoms with Gasteiger partial charge in [0.05, 0.1) is 6.54 Å². The highest BCUT2D eigenvalue weighted by atomic mass is 15.3. The Morgan fingerprint density at radius 2 is 2.18 bits per heavy atom. The Labute approximate surface area is 104 Å². The van der Waals surface area contributed by atoms with E-state index in [0.717, 1.165) is 24.8 Å². The lowest BCUT2D eigenvalue weighted by Crippen LogP contribution is -2.35. The van der Waals surface area contributed by atoms with Crippen molar-refractivity contribution in [2.45, 2.75) is 65.1 Å². The fourth-order valence-corrected chi connectivity index (χ4v) is 2.74. The van der Waals surface area contributed by atoms with Crippen LogP contribution in [0.3, 0.4) is 0 Å². The second-order valence-corrected chi connectivity index (χ2v) is 5.06. The standard InChI is InChI=1S/C13H24N4/c1-3-17-13(15-10-16-17)9-14-11(2)12-7-5-4-6-8-12/h10-12,14H,3-9H2,1-2H3/t11-/m1/s1. The highest BCUT2D eigenvalue weighted by molar-refractivity contribution is 4.85. The Kier molecular flexibility index (Phi) is 4.54. The third kappa shape index (κ3) is 3.28. The van der Waals surface area contributed by atoms with Gasteiger partial charge >= 0.3 is 0 Å². The maximum absolute atomic E-state index is 4.29. The molecule has 96 valence electrons. The van der Waals surface area contributed by atoms with Crippen molar-refractivity contribution in [1.82, 2.24) is 20.1 Å². The zero-order valence-electron chi connectivity index (χ0n) is 11.0. The van der Waals surface area contributed by atoms with E-state index >= 15 is 0 Å². The second kappa shape index (κ2) is 6.15. The Bertz CT molecular complexity index is 328. The van der Waals surface area contributed by atoms with E-state index in [1.807, 2.05) is 4.68 Å². The first kappa shape index (κ1) is 12.6. The zero-order chi connectivity index (χ0) is 12.1. The molecule has 1 aromatic rings. The molecule has 0 bridgehead atoms. The van der Waals surface area contributed by atoms with Crippen molar-refractivity contribution in [2.75, 3.05) is 0 Å². The van der Waals surface area contributed by atoms with Crippen LogP contribution >= 0.6 is 0 Å².